The smallest absolute Gasteiger partial charge is 1.00 e. The molecule has 0 unspecified atom stereocenters. The monoisotopic (exact) mass is 171 g/mol. The second kappa shape index (κ2) is 4.79. The molecular weight excluding hydrogens is 157 g/mol. The molecule has 0 saturated carbocycles. The van der Waals surface area contributed by atoms with Crippen LogP contribution in [0, 0.1) is 5.21 Å². The molecule has 0 aliphatic carbocycles. The Morgan fingerprint density at radius 1 is 1.55 bits per heavy atom. The average molecular weight is 171 g/mol. The van der Waals surface area contributed by atoms with Crippen molar-refractivity contribution < 1.29 is 41.2 Å². The van der Waals surface area contributed by atoms with Crippen molar-refractivity contribution in [3.8, 4) is 0 Å². The van der Waals surface area contributed by atoms with Crippen molar-refractivity contribution in [1.82, 2.24) is 5.01 Å². The maximum atomic E-state index is 10.6. The van der Waals surface area contributed by atoms with Crippen molar-refractivity contribution in [1.29, 1.82) is 0 Å². The van der Waals surface area contributed by atoms with Gasteiger partial charge in [-0.05, 0) is 20.8 Å². The summed E-state index contributed by atoms with van der Waals surface area (Å²) in [7, 11) is 1.55. The normalized spacial score (nSPS) is 12.2. The van der Waals surface area contributed by atoms with E-state index in [9.17, 15) is 5.21 Å². The molecule has 1 N–H and O–H groups in total. The molecule has 0 spiro atoms. The Hall–Kier alpha value is 0. The summed E-state index contributed by atoms with van der Waals surface area (Å²) in [6, 6.07) is 0. The van der Waals surface area contributed by atoms with Gasteiger partial charge in [-0.3, -0.25) is 0 Å². The van der Waals surface area contributed by atoms with Gasteiger partial charge >= 0.3 is 29.6 Å². The van der Waals surface area contributed by atoms with Crippen molar-refractivity contribution in [3.63, 3.8) is 0 Å². The molecule has 0 heterocycles. The van der Waals surface area contributed by atoms with Gasteiger partial charge in [-0.2, -0.15) is 0 Å². The van der Waals surface area contributed by atoms with Crippen LogP contribution in [0.1, 0.15) is 22.2 Å². The Labute approximate surface area is 90.0 Å². The summed E-state index contributed by atoms with van der Waals surface area (Å²) in [5, 5.41) is 22.4. The van der Waals surface area contributed by atoms with E-state index in [1.165, 1.54) is 5.01 Å². The SMILES string of the molecule is CN([N+]([O-])=NO)C(C)(C)C.[H-].[Na+]. The van der Waals surface area contributed by atoms with Crippen LogP contribution in [-0.2, 0) is 0 Å². The molecular formula is C5H14N3NaO2. The third-order valence-corrected chi connectivity index (χ3v) is 1.30. The fourth-order valence-electron chi connectivity index (χ4n) is 0.317. The molecule has 11 heavy (non-hydrogen) atoms. The Balaban J connectivity index is -0.000000405. The van der Waals surface area contributed by atoms with E-state index in [0.717, 1.165) is 0 Å². The third-order valence-electron chi connectivity index (χ3n) is 1.30. The molecule has 0 fully saturated rings. The molecule has 0 amide bonds. The van der Waals surface area contributed by atoms with Crippen LogP contribution < -0.4 is 29.6 Å². The summed E-state index contributed by atoms with van der Waals surface area (Å²) in [6.07, 6.45) is 0. The maximum Gasteiger partial charge on any atom is 1.00 e. The first-order valence-corrected chi connectivity index (χ1v) is 2.95. The number of hydrazine groups is 1. The van der Waals surface area contributed by atoms with Crippen molar-refractivity contribution in [2.45, 2.75) is 26.3 Å². The number of nitrogens with zero attached hydrogens (tertiary/aromatic N) is 3. The van der Waals surface area contributed by atoms with E-state index in [4.69, 9.17) is 5.21 Å². The molecule has 0 saturated heterocycles. The molecule has 0 bridgehead atoms. The largest absolute Gasteiger partial charge is 1.00 e. The summed E-state index contributed by atoms with van der Waals surface area (Å²) >= 11 is 0. The summed E-state index contributed by atoms with van der Waals surface area (Å²) in [6.45, 7) is 5.51. The van der Waals surface area contributed by atoms with E-state index in [2.05, 4.69) is 5.28 Å². The molecule has 0 aromatic heterocycles. The summed E-state index contributed by atoms with van der Waals surface area (Å²) < 4.78 is 0. The van der Waals surface area contributed by atoms with Crippen LogP contribution in [0.15, 0.2) is 5.28 Å². The van der Waals surface area contributed by atoms with E-state index in [0.29, 0.717) is 0 Å². The van der Waals surface area contributed by atoms with Gasteiger partial charge in [0.2, 0.25) is 5.28 Å². The quantitative estimate of drug-likeness (QED) is 0.217. The summed E-state index contributed by atoms with van der Waals surface area (Å²) in [4.78, 5) is 0.139. The first-order valence-electron chi connectivity index (χ1n) is 2.95. The van der Waals surface area contributed by atoms with E-state index in [1.54, 1.807) is 7.05 Å². The Morgan fingerprint density at radius 3 is 2.00 bits per heavy atom. The minimum absolute atomic E-state index is 0. The number of rotatable bonds is 1. The number of hydrogen-bond acceptors (Lipinski definition) is 2. The predicted octanol–water partition coefficient (Wildman–Crippen LogP) is -1.90. The van der Waals surface area contributed by atoms with Crippen molar-refractivity contribution >= 4 is 0 Å². The summed E-state index contributed by atoms with van der Waals surface area (Å²) in [5.41, 5.74) is -0.325. The molecule has 62 valence electrons. The van der Waals surface area contributed by atoms with Crippen molar-refractivity contribution in [3.05, 3.63) is 5.21 Å². The molecule has 0 aliphatic heterocycles. The zero-order valence-electron chi connectivity index (χ0n) is 8.70. The zero-order valence-corrected chi connectivity index (χ0v) is 9.70. The van der Waals surface area contributed by atoms with Crippen LogP contribution >= 0.6 is 0 Å². The van der Waals surface area contributed by atoms with Gasteiger partial charge in [-0.15, -0.1) is 5.01 Å². The van der Waals surface area contributed by atoms with Gasteiger partial charge in [0.25, 0.3) is 0 Å². The third kappa shape index (κ3) is 4.44. The molecule has 0 radical (unpaired) electrons. The Kier molecular flexibility index (Phi) is 5.92. The Morgan fingerprint density at radius 2 is 1.91 bits per heavy atom. The maximum absolute atomic E-state index is 10.6. The van der Waals surface area contributed by atoms with Gasteiger partial charge in [0.1, 0.15) is 0 Å². The van der Waals surface area contributed by atoms with Crippen LogP contribution in [0.3, 0.4) is 0 Å². The average Bonchev–Trinajstić information content (AvgIpc) is 1.83. The van der Waals surface area contributed by atoms with Gasteiger partial charge < -0.3 is 11.8 Å². The van der Waals surface area contributed by atoms with Crippen molar-refractivity contribution in [2.75, 3.05) is 7.05 Å². The molecule has 0 aliphatic rings. The second-order valence-corrected chi connectivity index (χ2v) is 3.04. The molecule has 6 heteroatoms. The molecule has 5 nitrogen and oxygen atoms in total. The first-order chi connectivity index (χ1) is 4.39. The second-order valence-electron chi connectivity index (χ2n) is 3.04. The van der Waals surface area contributed by atoms with Crippen LogP contribution in [0.25, 0.3) is 0 Å². The van der Waals surface area contributed by atoms with Gasteiger partial charge in [-0.25, -0.2) is 0 Å². The standard InChI is InChI=1S/C5H13N3O2.Na.H/c1-5(2,3)7(4)8(10)6-9;;/h9H,1-4H3;;/q;+1;-1. The van der Waals surface area contributed by atoms with E-state index < -0.39 is 0 Å². The van der Waals surface area contributed by atoms with E-state index in [1.807, 2.05) is 20.8 Å². The molecule has 0 aromatic carbocycles. The van der Waals surface area contributed by atoms with Crippen LogP contribution in [0.2, 0.25) is 0 Å². The zero-order chi connectivity index (χ0) is 8.36. The summed E-state index contributed by atoms with van der Waals surface area (Å²) in [5.74, 6) is 0. The van der Waals surface area contributed by atoms with Gasteiger partial charge in [0, 0.05) is 0 Å². The van der Waals surface area contributed by atoms with Crippen LogP contribution in [0.4, 0.5) is 0 Å². The Bertz CT molecular complexity index is 148. The van der Waals surface area contributed by atoms with Crippen LogP contribution in [-0.4, -0.2) is 27.8 Å². The van der Waals surface area contributed by atoms with E-state index >= 15 is 0 Å². The fourth-order valence-corrected chi connectivity index (χ4v) is 0.317. The first kappa shape index (κ1) is 13.6. The minimum atomic E-state index is -0.325. The van der Waals surface area contributed by atoms with Gasteiger partial charge in [0.05, 0.1) is 17.6 Å². The topological polar surface area (TPSA) is 61.9 Å². The molecule has 0 aromatic rings. The fraction of sp³-hybridized carbons (Fsp3) is 1.00. The van der Waals surface area contributed by atoms with Gasteiger partial charge in [0.15, 0.2) is 0 Å². The molecule has 0 rings (SSSR count). The number of hydrogen-bond donors (Lipinski definition) is 1. The predicted molar refractivity (Wildman–Crippen MR) is 36.5 cm³/mol. The van der Waals surface area contributed by atoms with E-state index in [-0.39, 0.29) is 41.5 Å². The van der Waals surface area contributed by atoms with Crippen LogP contribution in [0.5, 0.6) is 0 Å². The molecule has 0 atom stereocenters. The minimum Gasteiger partial charge on any atom is -1.00 e. The van der Waals surface area contributed by atoms with Gasteiger partial charge in [-0.1, -0.05) is 0 Å². The van der Waals surface area contributed by atoms with Crippen molar-refractivity contribution in [2.24, 2.45) is 5.28 Å².